The van der Waals surface area contributed by atoms with Gasteiger partial charge >= 0.3 is 23.9 Å². The second-order valence-electron chi connectivity index (χ2n) is 18.7. The molecule has 66 heavy (non-hydrogen) atoms. The maximum absolute atomic E-state index is 15.7. The highest BCUT2D eigenvalue weighted by Gasteiger charge is 2.78. The number of nitrogens with one attached hydrogen (secondary N) is 1. The number of carbonyl (C=O) groups excluding carboxylic acids is 6. The molecule has 1 heterocycles. The molecule has 0 aromatic heterocycles. The van der Waals surface area contributed by atoms with Gasteiger partial charge in [0, 0.05) is 37.2 Å². The van der Waals surface area contributed by atoms with E-state index in [9.17, 15) is 39.3 Å². The number of ketones is 1. The van der Waals surface area contributed by atoms with E-state index < -0.39 is 113 Å². The average molecular weight is 910 g/mol. The standard InChI is InChI=1S/C51H59NO14/c1-7-8-12-25-37(55)66-50-28-62-36(50)26-35(54)49(6)42(50)44(65-46(59)33-23-17-11-18-24-33)51(61)27-34(29(2)38(48(51,4)5)41(43(49)57)63-30(3)53)64-47(60)40(56)39(31-19-13-9-14-20-31)52-45(58)32-21-15-10-16-22-32/h9-11,13-24,34-36,39-42,44,54,56,61H,7-8,12,25-28H2,1-6H3,(H,52,58)/t34-,35-,36+,39-,40+,41+,42-,44-,49+,50-,51+/m0/s1. The number of ether oxygens (including phenoxy) is 5. The van der Waals surface area contributed by atoms with Gasteiger partial charge in [-0.15, -0.1) is 0 Å². The summed E-state index contributed by atoms with van der Waals surface area (Å²) in [5, 5.41) is 40.7. The van der Waals surface area contributed by atoms with E-state index in [0.29, 0.717) is 12.0 Å². The Labute approximate surface area is 383 Å². The SMILES string of the molecule is CCCCCC(=O)O[C@@]12CO[C@@H]1C[C@H](O)[C@@]1(C)C(=O)[C@H](OC(C)=O)C3=C(C)[C@@H](OC(=O)[C@H](O)[C@@H](NC(=O)c4ccccc4)c4ccccc4)C[C@@](O)([C@@H](OC(=O)c4ccccc4)[C@H]21)C3(C)C. The van der Waals surface area contributed by atoms with Crippen molar-refractivity contribution in [1.82, 2.24) is 5.32 Å². The van der Waals surface area contributed by atoms with Crippen LogP contribution in [0, 0.1) is 16.7 Å². The van der Waals surface area contributed by atoms with E-state index in [-0.39, 0.29) is 41.7 Å². The largest absolute Gasteiger partial charge is 0.456 e. The van der Waals surface area contributed by atoms with Crippen LogP contribution in [0.5, 0.6) is 0 Å². The molecular weight excluding hydrogens is 851 g/mol. The average Bonchev–Trinajstić information content (AvgIpc) is 3.29. The van der Waals surface area contributed by atoms with E-state index in [4.69, 9.17) is 23.7 Å². The fraction of sp³-hybridized carbons (Fsp3) is 0.490. The molecule has 3 aromatic carbocycles. The molecule has 2 bridgehead atoms. The second-order valence-corrected chi connectivity index (χ2v) is 18.7. The first-order valence-corrected chi connectivity index (χ1v) is 22.5. The molecule has 3 fully saturated rings. The predicted octanol–water partition coefficient (Wildman–Crippen LogP) is 5.30. The molecule has 4 aliphatic rings. The Hall–Kier alpha value is -5.74. The summed E-state index contributed by atoms with van der Waals surface area (Å²) in [6.07, 6.45) is -8.47. The van der Waals surface area contributed by atoms with Gasteiger partial charge in [-0.05, 0) is 61.2 Å². The maximum Gasteiger partial charge on any atom is 0.338 e. The highest BCUT2D eigenvalue weighted by atomic mass is 16.6. The molecule has 4 N–H and O–H groups in total. The summed E-state index contributed by atoms with van der Waals surface area (Å²) < 4.78 is 31.0. The molecule has 15 heteroatoms. The number of benzene rings is 3. The molecule has 7 rings (SSSR count). The van der Waals surface area contributed by atoms with Gasteiger partial charge in [0.25, 0.3) is 5.91 Å². The van der Waals surface area contributed by atoms with Crippen molar-refractivity contribution in [2.24, 2.45) is 16.7 Å². The summed E-state index contributed by atoms with van der Waals surface area (Å²) in [4.78, 5) is 85.0. The molecule has 0 spiro atoms. The Bertz CT molecular complexity index is 2350. The van der Waals surface area contributed by atoms with E-state index in [1.165, 1.54) is 26.0 Å². The minimum absolute atomic E-state index is 0.00472. The summed E-state index contributed by atoms with van der Waals surface area (Å²) in [7, 11) is 0. The van der Waals surface area contributed by atoms with Gasteiger partial charge in [-0.3, -0.25) is 19.2 Å². The van der Waals surface area contributed by atoms with E-state index in [1.54, 1.807) is 92.7 Å². The van der Waals surface area contributed by atoms with E-state index >= 15 is 4.79 Å². The number of esters is 4. The lowest BCUT2D eigenvalue weighted by Crippen LogP contribution is -2.82. The van der Waals surface area contributed by atoms with E-state index in [2.05, 4.69) is 5.32 Å². The lowest BCUT2D eigenvalue weighted by molar-refractivity contribution is -0.346. The number of amides is 1. The van der Waals surface area contributed by atoms with E-state index in [0.717, 1.165) is 19.8 Å². The molecular formula is C51H59NO14. The monoisotopic (exact) mass is 909 g/mol. The molecule has 3 aliphatic carbocycles. The van der Waals surface area contributed by atoms with Crippen molar-refractivity contribution < 1.29 is 67.8 Å². The molecule has 0 radical (unpaired) electrons. The molecule has 3 aromatic rings. The van der Waals surface area contributed by atoms with Gasteiger partial charge in [-0.1, -0.05) is 100 Å². The van der Waals surface area contributed by atoms with Gasteiger partial charge in [0.15, 0.2) is 23.6 Å². The molecule has 0 unspecified atom stereocenters. The number of fused-ring (bicyclic) bond motifs is 5. The van der Waals surface area contributed by atoms with Crippen LogP contribution in [0.25, 0.3) is 0 Å². The molecule has 1 saturated heterocycles. The van der Waals surface area contributed by atoms with Crippen LogP contribution in [0.4, 0.5) is 0 Å². The maximum atomic E-state index is 15.7. The number of rotatable bonds is 14. The van der Waals surface area contributed by atoms with Gasteiger partial charge in [0.1, 0.15) is 23.9 Å². The van der Waals surface area contributed by atoms with Crippen LogP contribution in [-0.2, 0) is 42.9 Å². The van der Waals surface area contributed by atoms with Crippen LogP contribution in [0.1, 0.15) is 112 Å². The molecule has 1 amide bonds. The number of aliphatic hydroxyl groups excluding tert-OH is 2. The number of hydrogen-bond acceptors (Lipinski definition) is 14. The summed E-state index contributed by atoms with van der Waals surface area (Å²) in [6, 6.07) is 23.1. The van der Waals surface area contributed by atoms with Crippen LogP contribution in [0.15, 0.2) is 102 Å². The summed E-state index contributed by atoms with van der Waals surface area (Å²) in [5.41, 5.74) is -7.01. The third-order valence-electron chi connectivity index (χ3n) is 14.4. The Balaban J connectivity index is 1.38. The third-order valence-corrected chi connectivity index (χ3v) is 14.4. The zero-order valence-corrected chi connectivity index (χ0v) is 38.1. The third kappa shape index (κ3) is 8.46. The normalized spacial score (nSPS) is 30.7. The smallest absolute Gasteiger partial charge is 0.338 e. The second kappa shape index (κ2) is 18.9. The molecule has 1 aliphatic heterocycles. The molecule has 15 nitrogen and oxygen atoms in total. The Kier molecular flexibility index (Phi) is 13.8. The van der Waals surface area contributed by atoms with Gasteiger partial charge in [-0.2, -0.15) is 0 Å². The lowest BCUT2D eigenvalue weighted by Gasteiger charge is -2.67. The van der Waals surface area contributed by atoms with Crippen molar-refractivity contribution in [2.75, 3.05) is 6.61 Å². The van der Waals surface area contributed by atoms with Gasteiger partial charge < -0.3 is 44.3 Å². The van der Waals surface area contributed by atoms with Gasteiger partial charge in [0.05, 0.1) is 35.6 Å². The first kappa shape index (κ1) is 48.2. The number of carbonyl (C=O) groups is 6. The number of hydrogen-bond donors (Lipinski definition) is 4. The van der Waals surface area contributed by atoms with Crippen molar-refractivity contribution in [3.05, 3.63) is 119 Å². The summed E-state index contributed by atoms with van der Waals surface area (Å²) >= 11 is 0. The molecule has 2 saturated carbocycles. The highest BCUT2D eigenvalue weighted by Crippen LogP contribution is 2.64. The first-order valence-electron chi connectivity index (χ1n) is 22.5. The predicted molar refractivity (Wildman–Crippen MR) is 236 cm³/mol. The Morgan fingerprint density at radius 1 is 0.864 bits per heavy atom. The minimum Gasteiger partial charge on any atom is -0.456 e. The molecule has 11 atom stereocenters. The minimum atomic E-state index is -2.40. The first-order chi connectivity index (χ1) is 31.3. The van der Waals surface area contributed by atoms with Crippen LogP contribution in [-0.4, -0.2) is 105 Å². The number of aliphatic hydroxyl groups is 3. The van der Waals surface area contributed by atoms with Gasteiger partial charge in [-0.25, -0.2) is 9.59 Å². The van der Waals surface area contributed by atoms with Gasteiger partial charge in [0.2, 0.25) is 0 Å². The lowest BCUT2D eigenvalue weighted by atomic mass is 9.44. The summed E-state index contributed by atoms with van der Waals surface area (Å²) in [6.45, 7) is 8.91. The Morgan fingerprint density at radius 2 is 1.47 bits per heavy atom. The van der Waals surface area contributed by atoms with Crippen LogP contribution >= 0.6 is 0 Å². The number of unbranched alkanes of at least 4 members (excludes halogenated alkanes) is 2. The number of Topliss-reactive ketones (excluding diaryl/α,β-unsaturated/α-hetero) is 1. The van der Waals surface area contributed by atoms with Crippen LogP contribution in [0.3, 0.4) is 0 Å². The van der Waals surface area contributed by atoms with Crippen molar-refractivity contribution >= 4 is 35.6 Å². The van der Waals surface area contributed by atoms with Crippen LogP contribution < -0.4 is 5.32 Å². The van der Waals surface area contributed by atoms with Crippen molar-refractivity contribution in [3.63, 3.8) is 0 Å². The summed E-state index contributed by atoms with van der Waals surface area (Å²) in [5.74, 6) is -6.65. The fourth-order valence-electron chi connectivity index (χ4n) is 10.7. The van der Waals surface area contributed by atoms with Crippen LogP contribution in [0.2, 0.25) is 0 Å². The van der Waals surface area contributed by atoms with Crippen molar-refractivity contribution in [1.29, 1.82) is 0 Å². The molecule has 352 valence electrons. The highest BCUT2D eigenvalue weighted by molar-refractivity contribution is 5.96. The van der Waals surface area contributed by atoms with Crippen molar-refractivity contribution in [3.8, 4) is 0 Å². The van der Waals surface area contributed by atoms with Crippen molar-refractivity contribution in [2.45, 2.75) is 134 Å². The fourth-order valence-corrected chi connectivity index (χ4v) is 10.7. The zero-order chi connectivity index (χ0) is 47.8. The topological polar surface area (TPSA) is 221 Å². The van der Waals surface area contributed by atoms with E-state index in [1.807, 2.05) is 6.92 Å². The Morgan fingerprint density at radius 3 is 2.05 bits per heavy atom. The quantitative estimate of drug-likeness (QED) is 0.0699. The zero-order valence-electron chi connectivity index (χ0n) is 38.1.